The fourth-order valence-corrected chi connectivity index (χ4v) is 5.33. The summed E-state index contributed by atoms with van der Waals surface area (Å²) in [5.41, 5.74) is 3.75. The second-order valence-electron chi connectivity index (χ2n) is 7.51. The van der Waals surface area contributed by atoms with E-state index in [4.69, 9.17) is 0 Å². The molecule has 0 unspecified atom stereocenters. The number of hydrogen-bond donors (Lipinski definition) is 1. The smallest absolute Gasteiger partial charge is 0.243 e. The summed E-state index contributed by atoms with van der Waals surface area (Å²) in [5, 5.41) is 2.98. The van der Waals surface area contributed by atoms with Crippen LogP contribution in [0.3, 0.4) is 0 Å². The third-order valence-electron chi connectivity index (χ3n) is 5.32. The molecule has 2 aromatic rings. The average molecular weight is 416 g/mol. The van der Waals surface area contributed by atoms with Crippen LogP contribution in [0.25, 0.3) is 0 Å². The van der Waals surface area contributed by atoms with Crippen LogP contribution in [0, 0.1) is 13.8 Å². The minimum absolute atomic E-state index is 0.0726. The number of sulfonamides is 1. The highest BCUT2D eigenvalue weighted by Gasteiger charge is 2.30. The van der Waals surface area contributed by atoms with Crippen LogP contribution in [-0.2, 0) is 21.2 Å². The van der Waals surface area contributed by atoms with Crippen LogP contribution in [-0.4, -0.2) is 56.3 Å². The number of para-hydroxylation sites is 1. The Balaban J connectivity index is 1.58. The molecule has 0 aromatic heterocycles. The molecule has 1 amide bonds. The van der Waals surface area contributed by atoms with Crippen molar-refractivity contribution in [2.75, 3.05) is 38.0 Å². The second-order valence-corrected chi connectivity index (χ2v) is 9.41. The van der Waals surface area contributed by atoms with Crippen molar-refractivity contribution < 1.29 is 13.2 Å². The van der Waals surface area contributed by atoms with E-state index in [2.05, 4.69) is 12.2 Å². The fourth-order valence-electron chi connectivity index (χ4n) is 3.70. The van der Waals surface area contributed by atoms with Gasteiger partial charge in [-0.3, -0.25) is 9.69 Å². The number of carbonyl (C=O) groups is 1. The monoisotopic (exact) mass is 415 g/mol. The minimum atomic E-state index is -3.51. The van der Waals surface area contributed by atoms with E-state index in [9.17, 15) is 13.2 Å². The first-order chi connectivity index (χ1) is 13.8. The summed E-state index contributed by atoms with van der Waals surface area (Å²) in [4.78, 5) is 14.8. The number of nitrogens with one attached hydrogen (secondary N) is 1. The van der Waals surface area contributed by atoms with Crippen molar-refractivity contribution in [2.45, 2.75) is 32.1 Å². The van der Waals surface area contributed by atoms with Gasteiger partial charge in [0.05, 0.1) is 11.4 Å². The van der Waals surface area contributed by atoms with Gasteiger partial charge < -0.3 is 5.32 Å². The normalized spacial score (nSPS) is 16.0. The molecule has 1 fully saturated rings. The summed E-state index contributed by atoms with van der Waals surface area (Å²) >= 11 is 0. The van der Waals surface area contributed by atoms with Crippen LogP contribution in [0.2, 0.25) is 0 Å². The van der Waals surface area contributed by atoms with Gasteiger partial charge in [0.2, 0.25) is 15.9 Å². The first-order valence-corrected chi connectivity index (χ1v) is 11.4. The number of nitrogens with zero attached hydrogens (tertiary/aromatic N) is 2. The molecule has 1 heterocycles. The van der Waals surface area contributed by atoms with E-state index in [0.717, 1.165) is 28.8 Å². The SMILES string of the molecule is CCc1ccccc1NC(=O)CN1CCN(S(=O)(=O)c2ccc(C)cc2C)CC1. The van der Waals surface area contributed by atoms with E-state index in [-0.39, 0.29) is 12.5 Å². The molecule has 0 bridgehead atoms. The molecule has 2 aromatic carbocycles. The van der Waals surface area contributed by atoms with Crippen molar-refractivity contribution in [3.8, 4) is 0 Å². The van der Waals surface area contributed by atoms with E-state index < -0.39 is 10.0 Å². The van der Waals surface area contributed by atoms with Gasteiger partial charge in [0.1, 0.15) is 0 Å². The van der Waals surface area contributed by atoms with Gasteiger partial charge in [-0.05, 0) is 43.5 Å². The van der Waals surface area contributed by atoms with Gasteiger partial charge in [-0.25, -0.2) is 8.42 Å². The zero-order valence-corrected chi connectivity index (χ0v) is 18.1. The zero-order chi connectivity index (χ0) is 21.0. The van der Waals surface area contributed by atoms with Crippen LogP contribution in [0.4, 0.5) is 5.69 Å². The molecule has 156 valence electrons. The predicted molar refractivity (Wildman–Crippen MR) is 116 cm³/mol. The zero-order valence-electron chi connectivity index (χ0n) is 17.3. The summed E-state index contributed by atoms with van der Waals surface area (Å²) in [5.74, 6) is -0.0726. The maximum Gasteiger partial charge on any atom is 0.243 e. The van der Waals surface area contributed by atoms with Crippen molar-refractivity contribution in [1.82, 2.24) is 9.21 Å². The third-order valence-corrected chi connectivity index (χ3v) is 7.38. The summed E-state index contributed by atoms with van der Waals surface area (Å²) in [6.45, 7) is 7.93. The molecule has 0 atom stereocenters. The number of rotatable bonds is 6. The Morgan fingerprint density at radius 3 is 2.38 bits per heavy atom. The number of carbonyl (C=O) groups excluding carboxylic acids is 1. The molecular formula is C22H29N3O3S. The average Bonchev–Trinajstić information content (AvgIpc) is 2.68. The molecular weight excluding hydrogens is 386 g/mol. The van der Waals surface area contributed by atoms with Crippen molar-refractivity contribution >= 4 is 21.6 Å². The van der Waals surface area contributed by atoms with Crippen LogP contribution < -0.4 is 5.32 Å². The predicted octanol–water partition coefficient (Wildman–Crippen LogP) is 2.81. The van der Waals surface area contributed by atoms with E-state index in [1.54, 1.807) is 6.07 Å². The molecule has 7 heteroatoms. The van der Waals surface area contributed by atoms with Crippen molar-refractivity contribution in [3.63, 3.8) is 0 Å². The molecule has 1 N–H and O–H groups in total. The molecule has 6 nitrogen and oxygen atoms in total. The van der Waals surface area contributed by atoms with E-state index in [1.807, 2.05) is 55.1 Å². The van der Waals surface area contributed by atoms with Crippen molar-refractivity contribution in [3.05, 3.63) is 59.2 Å². The third kappa shape index (κ3) is 5.04. The van der Waals surface area contributed by atoms with Gasteiger partial charge in [0, 0.05) is 31.9 Å². The summed E-state index contributed by atoms with van der Waals surface area (Å²) in [6, 6.07) is 13.2. The Bertz CT molecular complexity index is 981. The standard InChI is InChI=1S/C22H29N3O3S/c1-4-19-7-5-6-8-20(19)23-22(26)16-24-11-13-25(14-12-24)29(27,28)21-10-9-17(2)15-18(21)3/h5-10,15H,4,11-14,16H2,1-3H3,(H,23,26). The largest absolute Gasteiger partial charge is 0.325 e. The number of anilines is 1. The molecule has 0 spiro atoms. The lowest BCUT2D eigenvalue weighted by molar-refractivity contribution is -0.117. The van der Waals surface area contributed by atoms with Crippen molar-refractivity contribution in [1.29, 1.82) is 0 Å². The molecule has 3 rings (SSSR count). The van der Waals surface area contributed by atoms with Gasteiger partial charge in [0.25, 0.3) is 0 Å². The Labute approximate surface area is 173 Å². The number of amides is 1. The fraction of sp³-hybridized carbons (Fsp3) is 0.409. The van der Waals surface area contributed by atoms with E-state index in [1.165, 1.54) is 4.31 Å². The molecule has 0 aliphatic carbocycles. The van der Waals surface area contributed by atoms with Crippen LogP contribution >= 0.6 is 0 Å². The summed E-state index contributed by atoms with van der Waals surface area (Å²) < 4.78 is 27.5. The maximum atomic E-state index is 13.0. The van der Waals surface area contributed by atoms with E-state index >= 15 is 0 Å². The molecule has 1 aliphatic heterocycles. The molecule has 0 radical (unpaired) electrons. The lowest BCUT2D eigenvalue weighted by Gasteiger charge is -2.33. The Hall–Kier alpha value is -2.22. The lowest BCUT2D eigenvalue weighted by Crippen LogP contribution is -2.50. The second kappa shape index (κ2) is 9.07. The topological polar surface area (TPSA) is 69.7 Å². The van der Waals surface area contributed by atoms with E-state index in [0.29, 0.717) is 31.1 Å². The van der Waals surface area contributed by atoms with Crippen LogP contribution in [0.5, 0.6) is 0 Å². The summed E-state index contributed by atoms with van der Waals surface area (Å²) in [7, 11) is -3.51. The number of aryl methyl sites for hydroxylation is 3. The van der Waals surface area contributed by atoms with Gasteiger partial charge in [-0.15, -0.1) is 0 Å². The first-order valence-electron chi connectivity index (χ1n) is 9.98. The molecule has 0 saturated carbocycles. The number of piperazine rings is 1. The number of benzene rings is 2. The number of hydrogen-bond acceptors (Lipinski definition) is 4. The Morgan fingerprint density at radius 1 is 1.03 bits per heavy atom. The molecule has 1 saturated heterocycles. The van der Waals surface area contributed by atoms with Crippen LogP contribution in [0.15, 0.2) is 47.4 Å². The van der Waals surface area contributed by atoms with Gasteiger partial charge in [-0.1, -0.05) is 42.8 Å². The van der Waals surface area contributed by atoms with Gasteiger partial charge in [-0.2, -0.15) is 4.31 Å². The first kappa shape index (κ1) is 21.5. The van der Waals surface area contributed by atoms with Crippen LogP contribution in [0.1, 0.15) is 23.6 Å². The Kier molecular flexibility index (Phi) is 6.72. The highest BCUT2D eigenvalue weighted by atomic mass is 32.2. The van der Waals surface area contributed by atoms with Gasteiger partial charge in [0.15, 0.2) is 0 Å². The van der Waals surface area contributed by atoms with Gasteiger partial charge >= 0.3 is 0 Å². The lowest BCUT2D eigenvalue weighted by atomic mass is 10.1. The molecule has 1 aliphatic rings. The highest BCUT2D eigenvalue weighted by Crippen LogP contribution is 2.22. The quantitative estimate of drug-likeness (QED) is 0.788. The Morgan fingerprint density at radius 2 is 1.72 bits per heavy atom. The van der Waals surface area contributed by atoms with Crippen molar-refractivity contribution in [2.24, 2.45) is 0 Å². The minimum Gasteiger partial charge on any atom is -0.325 e. The summed E-state index contributed by atoms with van der Waals surface area (Å²) in [6.07, 6.45) is 0.853. The maximum absolute atomic E-state index is 13.0. The highest BCUT2D eigenvalue weighted by molar-refractivity contribution is 7.89. The molecule has 29 heavy (non-hydrogen) atoms.